The highest BCUT2D eigenvalue weighted by molar-refractivity contribution is 7.17. The van der Waals surface area contributed by atoms with Gasteiger partial charge in [-0.3, -0.25) is 4.79 Å². The number of alkyl carbamates (subject to hydrolysis) is 1. The van der Waals surface area contributed by atoms with Crippen LogP contribution in [0.3, 0.4) is 0 Å². The largest absolute Gasteiger partial charge is 0.481 e. The van der Waals surface area contributed by atoms with Crippen molar-refractivity contribution in [3.63, 3.8) is 0 Å². The summed E-state index contributed by atoms with van der Waals surface area (Å²) in [7, 11) is 1.60. The van der Waals surface area contributed by atoms with Crippen molar-refractivity contribution in [2.75, 3.05) is 13.7 Å². The quantitative estimate of drug-likeness (QED) is 0.380. The van der Waals surface area contributed by atoms with E-state index in [2.05, 4.69) is 22.2 Å². The van der Waals surface area contributed by atoms with Crippen LogP contribution in [0.1, 0.15) is 44.9 Å². The van der Waals surface area contributed by atoms with Crippen LogP contribution in [0.25, 0.3) is 32.1 Å². The second kappa shape index (κ2) is 9.10. The summed E-state index contributed by atoms with van der Waals surface area (Å²) in [5.74, 6) is 0.605. The number of methoxy groups -OCH3 is 1. The van der Waals surface area contributed by atoms with Gasteiger partial charge in [0.1, 0.15) is 10.3 Å². The molecule has 0 saturated heterocycles. The van der Waals surface area contributed by atoms with Crippen molar-refractivity contribution >= 4 is 38.4 Å². The highest BCUT2D eigenvalue weighted by atomic mass is 32.1. The smallest absolute Gasteiger partial charge is 0.407 e. The molecule has 4 aromatic rings. The number of aromatic nitrogens is 2. The van der Waals surface area contributed by atoms with E-state index in [0.29, 0.717) is 28.3 Å². The molecule has 178 valence electrons. The van der Waals surface area contributed by atoms with Gasteiger partial charge in [0.05, 0.1) is 23.9 Å². The first-order valence-electron chi connectivity index (χ1n) is 11.1. The van der Waals surface area contributed by atoms with Gasteiger partial charge >= 0.3 is 6.09 Å². The number of thiophene rings is 1. The molecule has 4 rings (SSSR count). The molecule has 2 N–H and O–H groups in total. The first kappa shape index (κ1) is 23.8. The Morgan fingerprint density at radius 1 is 1.21 bits per heavy atom. The van der Waals surface area contributed by atoms with Crippen molar-refractivity contribution in [1.82, 2.24) is 15.3 Å². The Bertz CT molecular complexity index is 1410. The third kappa shape index (κ3) is 4.63. The molecule has 7 nitrogen and oxygen atoms in total. The maximum atomic E-state index is 12.6. The zero-order chi connectivity index (χ0) is 24.6. The highest BCUT2D eigenvalue weighted by Crippen LogP contribution is 2.40. The number of nitrogens with one attached hydrogen (secondary N) is 2. The van der Waals surface area contributed by atoms with Crippen molar-refractivity contribution in [3.8, 4) is 17.0 Å². The predicted molar refractivity (Wildman–Crippen MR) is 137 cm³/mol. The van der Waals surface area contributed by atoms with Crippen LogP contribution in [-0.2, 0) is 4.74 Å². The Kier molecular flexibility index (Phi) is 6.36. The van der Waals surface area contributed by atoms with E-state index >= 15 is 0 Å². The van der Waals surface area contributed by atoms with Crippen molar-refractivity contribution in [3.05, 3.63) is 57.3 Å². The van der Waals surface area contributed by atoms with E-state index in [4.69, 9.17) is 9.47 Å². The van der Waals surface area contributed by atoms with Crippen molar-refractivity contribution < 1.29 is 14.3 Å². The summed E-state index contributed by atoms with van der Waals surface area (Å²) in [5, 5.41) is 6.57. The van der Waals surface area contributed by atoms with Crippen LogP contribution in [0.15, 0.2) is 40.5 Å². The molecule has 34 heavy (non-hydrogen) atoms. The average molecular weight is 480 g/mol. The van der Waals surface area contributed by atoms with E-state index < -0.39 is 11.7 Å². The van der Waals surface area contributed by atoms with Gasteiger partial charge in [0, 0.05) is 17.3 Å². The van der Waals surface area contributed by atoms with Crippen molar-refractivity contribution in [2.24, 2.45) is 0 Å². The number of carbonyl (C=O) groups is 1. The SMILES string of the molecule is COc1nc(C)c2[nH]c(=O)c3sccc3c2c1-c1ccc(C(C)CNC(=O)OC(C)(C)C)cc1. The molecule has 1 aromatic carbocycles. The van der Waals surface area contributed by atoms with E-state index in [9.17, 15) is 9.59 Å². The number of pyridine rings is 2. The molecule has 0 aliphatic heterocycles. The summed E-state index contributed by atoms with van der Waals surface area (Å²) in [5.41, 5.74) is 3.64. The van der Waals surface area contributed by atoms with Gasteiger partial charge in [-0.05, 0) is 56.2 Å². The van der Waals surface area contributed by atoms with Crippen LogP contribution in [0.4, 0.5) is 4.79 Å². The maximum Gasteiger partial charge on any atom is 0.407 e. The first-order chi connectivity index (χ1) is 16.1. The number of benzene rings is 1. The molecule has 0 spiro atoms. The minimum absolute atomic E-state index is 0.0938. The molecular weight excluding hydrogens is 450 g/mol. The zero-order valence-electron chi connectivity index (χ0n) is 20.2. The fourth-order valence-corrected chi connectivity index (χ4v) is 4.81. The Balaban J connectivity index is 1.70. The standard InChI is InChI=1S/C26H29N3O4S/c1-14(13-27-25(31)33-26(3,4)5)16-7-9-17(10-8-16)19-20-18-11-12-34-22(18)23(30)29-21(20)15(2)28-24(19)32-6/h7-12,14H,13H2,1-6H3,(H,27,31)(H,29,30). The van der Waals surface area contributed by atoms with Crippen molar-refractivity contribution in [1.29, 1.82) is 0 Å². The molecule has 3 heterocycles. The fraction of sp³-hybridized carbons (Fsp3) is 0.346. The summed E-state index contributed by atoms with van der Waals surface area (Å²) in [6.07, 6.45) is -0.424. The number of ether oxygens (including phenoxy) is 2. The van der Waals surface area contributed by atoms with Crippen LogP contribution >= 0.6 is 11.3 Å². The van der Waals surface area contributed by atoms with Crippen LogP contribution in [0.5, 0.6) is 5.88 Å². The van der Waals surface area contributed by atoms with E-state index in [-0.39, 0.29) is 11.5 Å². The molecule has 0 aliphatic carbocycles. The van der Waals surface area contributed by atoms with E-state index in [1.807, 2.05) is 63.4 Å². The molecular formula is C26H29N3O4S. The molecule has 0 radical (unpaired) electrons. The Morgan fingerprint density at radius 2 is 1.91 bits per heavy atom. The number of hydrogen-bond donors (Lipinski definition) is 2. The Hall–Kier alpha value is -3.39. The molecule has 0 aliphatic rings. The molecule has 0 fully saturated rings. The molecule has 0 saturated carbocycles. The minimum atomic E-state index is -0.531. The number of fused-ring (bicyclic) bond motifs is 3. The zero-order valence-corrected chi connectivity index (χ0v) is 21.1. The molecule has 1 atom stereocenters. The van der Waals surface area contributed by atoms with E-state index in [1.165, 1.54) is 11.3 Å². The number of aromatic amines is 1. The highest BCUT2D eigenvalue weighted by Gasteiger charge is 2.20. The van der Waals surface area contributed by atoms with Gasteiger partial charge in [0.2, 0.25) is 5.88 Å². The normalized spacial score (nSPS) is 12.6. The van der Waals surface area contributed by atoms with Crippen LogP contribution in [0.2, 0.25) is 0 Å². The lowest BCUT2D eigenvalue weighted by Crippen LogP contribution is -2.34. The lowest BCUT2D eigenvalue weighted by Gasteiger charge is -2.21. The van der Waals surface area contributed by atoms with Crippen LogP contribution in [-0.4, -0.2) is 35.3 Å². The van der Waals surface area contributed by atoms with Gasteiger partial charge in [-0.1, -0.05) is 31.2 Å². The number of hydrogen-bond acceptors (Lipinski definition) is 6. The third-order valence-corrected chi connectivity index (χ3v) is 6.55. The summed E-state index contributed by atoms with van der Waals surface area (Å²) in [6.45, 7) is 9.90. The van der Waals surface area contributed by atoms with E-state index in [0.717, 1.165) is 27.5 Å². The topological polar surface area (TPSA) is 93.3 Å². The fourth-order valence-electron chi connectivity index (χ4n) is 4.01. The second-order valence-corrected chi connectivity index (χ2v) is 10.3. The summed E-state index contributed by atoms with van der Waals surface area (Å²) < 4.78 is 11.7. The summed E-state index contributed by atoms with van der Waals surface area (Å²) >= 11 is 1.42. The van der Waals surface area contributed by atoms with Gasteiger partial charge in [-0.15, -0.1) is 11.3 Å². The average Bonchev–Trinajstić information content (AvgIpc) is 3.28. The number of carbonyl (C=O) groups excluding carboxylic acids is 1. The van der Waals surface area contributed by atoms with Crippen molar-refractivity contribution in [2.45, 2.75) is 46.1 Å². The predicted octanol–water partition coefficient (Wildman–Crippen LogP) is 5.75. The monoisotopic (exact) mass is 479 g/mol. The second-order valence-electron chi connectivity index (χ2n) is 9.35. The van der Waals surface area contributed by atoms with Gasteiger partial charge < -0.3 is 19.8 Å². The van der Waals surface area contributed by atoms with E-state index in [1.54, 1.807) is 7.11 Å². The number of nitrogens with zero attached hydrogens (tertiary/aromatic N) is 1. The lowest BCUT2D eigenvalue weighted by atomic mass is 9.95. The number of H-pyrrole nitrogens is 1. The molecule has 0 bridgehead atoms. The molecule has 1 unspecified atom stereocenters. The van der Waals surface area contributed by atoms with Gasteiger partial charge in [0.15, 0.2) is 0 Å². The number of rotatable bonds is 5. The van der Waals surface area contributed by atoms with Crippen LogP contribution < -0.4 is 15.6 Å². The molecule has 8 heteroatoms. The Morgan fingerprint density at radius 3 is 2.56 bits per heavy atom. The molecule has 1 amide bonds. The first-order valence-corrected chi connectivity index (χ1v) is 12.0. The van der Waals surface area contributed by atoms with Gasteiger partial charge in [0.25, 0.3) is 5.56 Å². The lowest BCUT2D eigenvalue weighted by molar-refractivity contribution is 0.0525. The molecule has 3 aromatic heterocycles. The third-order valence-electron chi connectivity index (χ3n) is 5.64. The minimum Gasteiger partial charge on any atom is -0.481 e. The van der Waals surface area contributed by atoms with Gasteiger partial charge in [-0.25, -0.2) is 9.78 Å². The van der Waals surface area contributed by atoms with Crippen LogP contribution in [0, 0.1) is 6.92 Å². The van der Waals surface area contributed by atoms with Gasteiger partial charge in [-0.2, -0.15) is 0 Å². The maximum absolute atomic E-state index is 12.6. The summed E-state index contributed by atoms with van der Waals surface area (Å²) in [6, 6.07) is 10.1. The number of aryl methyl sites for hydroxylation is 1. The number of amides is 1. The summed E-state index contributed by atoms with van der Waals surface area (Å²) in [4.78, 5) is 32.2. The Labute approximate surface area is 202 Å².